The second kappa shape index (κ2) is 11.2. The number of hydrogen-bond acceptors (Lipinski definition) is 7. The molecular weight excluding hydrogens is 543 g/mol. The number of alkyl halides is 1. The highest BCUT2D eigenvalue weighted by molar-refractivity contribution is 8.24. The highest BCUT2D eigenvalue weighted by Crippen LogP contribution is 2.51. The van der Waals surface area contributed by atoms with Gasteiger partial charge in [0.2, 0.25) is 0 Å². The van der Waals surface area contributed by atoms with Gasteiger partial charge >= 0.3 is 6.09 Å². The van der Waals surface area contributed by atoms with Crippen molar-refractivity contribution in [2.75, 3.05) is 35.6 Å². The van der Waals surface area contributed by atoms with Crippen molar-refractivity contribution in [3.8, 4) is 0 Å². The average Bonchev–Trinajstić information content (AvgIpc) is 3.27. The molecule has 0 radical (unpaired) electrons. The number of benzene rings is 3. The van der Waals surface area contributed by atoms with E-state index in [1.807, 2.05) is 84.6 Å². The van der Waals surface area contributed by atoms with Crippen molar-refractivity contribution >= 4 is 39.1 Å². The molecule has 214 valence electrons. The summed E-state index contributed by atoms with van der Waals surface area (Å²) in [5, 5.41) is 4.22. The standard InChI is InChI=1S/C31H33FN4O4S/c1-21-11-12-26-24(15-21)27(16-30(34-26)35-13-14-41(38,39)29-10-6-5-9-23(29)17-35)33-28-19-36(18-25(28)32)31(37)40-20-22-7-3-2-4-8-22/h2-12,15-16,25,28,38-39H,13-14,17-20H2,1H3,(H,33,34)/t25-,28-/m0/s1. The minimum atomic E-state index is -2.92. The Morgan fingerprint density at radius 2 is 1.85 bits per heavy atom. The molecule has 2 aliphatic heterocycles. The van der Waals surface area contributed by atoms with E-state index in [0.717, 1.165) is 27.6 Å². The lowest BCUT2D eigenvalue weighted by Gasteiger charge is -2.32. The summed E-state index contributed by atoms with van der Waals surface area (Å²) in [6, 6.07) is 24.0. The normalized spacial score (nSPS) is 20.8. The predicted octanol–water partition coefficient (Wildman–Crippen LogP) is 6.44. The van der Waals surface area contributed by atoms with Crippen LogP contribution in [0.4, 0.5) is 20.7 Å². The first-order valence-electron chi connectivity index (χ1n) is 13.6. The van der Waals surface area contributed by atoms with Crippen LogP contribution >= 0.6 is 10.6 Å². The molecule has 2 aliphatic rings. The van der Waals surface area contributed by atoms with Crippen LogP contribution in [-0.4, -0.2) is 62.7 Å². The van der Waals surface area contributed by atoms with E-state index < -0.39 is 28.9 Å². The van der Waals surface area contributed by atoms with Crippen molar-refractivity contribution in [2.24, 2.45) is 0 Å². The fraction of sp³-hybridized carbons (Fsp3) is 0.290. The summed E-state index contributed by atoms with van der Waals surface area (Å²) >= 11 is 0. The Labute approximate surface area is 240 Å². The molecule has 2 atom stereocenters. The average molecular weight is 577 g/mol. The number of rotatable bonds is 5. The summed E-state index contributed by atoms with van der Waals surface area (Å²) in [5.74, 6) is 0.846. The lowest BCUT2D eigenvalue weighted by Crippen LogP contribution is -2.32. The Balaban J connectivity index is 1.25. The highest BCUT2D eigenvalue weighted by Gasteiger charge is 2.37. The number of amides is 1. The van der Waals surface area contributed by atoms with Crippen LogP contribution in [0.1, 0.15) is 16.7 Å². The molecule has 0 spiro atoms. The van der Waals surface area contributed by atoms with Crippen LogP contribution in [0, 0.1) is 6.92 Å². The van der Waals surface area contributed by atoms with Gasteiger partial charge in [0.1, 0.15) is 18.6 Å². The molecule has 10 heteroatoms. The molecule has 41 heavy (non-hydrogen) atoms. The maximum absolute atomic E-state index is 15.3. The number of fused-ring (bicyclic) bond motifs is 2. The van der Waals surface area contributed by atoms with E-state index in [0.29, 0.717) is 29.5 Å². The Bertz CT molecular complexity index is 1570. The van der Waals surface area contributed by atoms with Crippen LogP contribution in [0.3, 0.4) is 0 Å². The third-order valence-corrected chi connectivity index (χ3v) is 9.51. The minimum absolute atomic E-state index is 0.0546. The fourth-order valence-electron chi connectivity index (χ4n) is 5.45. The largest absolute Gasteiger partial charge is 0.445 e. The summed E-state index contributed by atoms with van der Waals surface area (Å²) < 4.78 is 42.4. The number of anilines is 2. The molecule has 6 rings (SSSR count). The number of aromatic nitrogens is 1. The number of nitrogens with one attached hydrogen (secondary N) is 1. The quantitative estimate of drug-likeness (QED) is 0.251. The lowest BCUT2D eigenvalue weighted by molar-refractivity contribution is 0.102. The SMILES string of the molecule is Cc1ccc2nc(N3CCS(O)(O)c4ccccc4C3)cc(N[C@H]3CN(C(=O)OCc4ccccc4)C[C@@H]3F)c2c1. The number of aryl methyl sites for hydroxylation is 1. The Morgan fingerprint density at radius 3 is 2.68 bits per heavy atom. The summed E-state index contributed by atoms with van der Waals surface area (Å²) in [7, 11) is -2.92. The first kappa shape index (κ1) is 27.3. The van der Waals surface area contributed by atoms with Crippen LogP contribution in [0.5, 0.6) is 0 Å². The van der Waals surface area contributed by atoms with Crippen molar-refractivity contribution in [3.05, 3.63) is 95.6 Å². The molecule has 3 N–H and O–H groups in total. The Morgan fingerprint density at radius 1 is 1.07 bits per heavy atom. The number of pyridine rings is 1. The van der Waals surface area contributed by atoms with Gasteiger partial charge in [-0.1, -0.05) is 60.2 Å². The van der Waals surface area contributed by atoms with E-state index in [9.17, 15) is 13.9 Å². The van der Waals surface area contributed by atoms with E-state index >= 15 is 4.39 Å². The van der Waals surface area contributed by atoms with Crippen molar-refractivity contribution in [2.45, 2.75) is 37.2 Å². The maximum atomic E-state index is 15.3. The number of carbonyl (C=O) groups excluding carboxylic acids is 1. The molecule has 3 heterocycles. The third-order valence-electron chi connectivity index (χ3n) is 7.66. The summed E-state index contributed by atoms with van der Waals surface area (Å²) in [4.78, 5) is 21.6. The number of halogens is 1. The van der Waals surface area contributed by atoms with Gasteiger partial charge in [-0.15, -0.1) is 0 Å². The summed E-state index contributed by atoms with van der Waals surface area (Å²) in [6.07, 6.45) is -1.83. The molecule has 3 aromatic carbocycles. The molecule has 1 amide bonds. The highest BCUT2D eigenvalue weighted by atomic mass is 32.3. The summed E-state index contributed by atoms with van der Waals surface area (Å²) in [5.41, 5.74) is 4.21. The summed E-state index contributed by atoms with van der Waals surface area (Å²) in [6.45, 7) is 3.10. The van der Waals surface area contributed by atoms with Gasteiger partial charge < -0.3 is 19.9 Å². The number of nitrogens with zero attached hydrogens (tertiary/aromatic N) is 3. The molecule has 0 unspecified atom stereocenters. The zero-order valence-corrected chi connectivity index (χ0v) is 23.6. The molecule has 4 aromatic rings. The molecule has 1 aromatic heterocycles. The van der Waals surface area contributed by atoms with Crippen molar-refractivity contribution < 1.29 is 23.0 Å². The monoisotopic (exact) mass is 576 g/mol. The van der Waals surface area contributed by atoms with Gasteiger partial charge in [0, 0.05) is 36.8 Å². The van der Waals surface area contributed by atoms with Crippen LogP contribution in [-0.2, 0) is 17.9 Å². The van der Waals surface area contributed by atoms with Gasteiger partial charge in [0.15, 0.2) is 0 Å². The number of carbonyl (C=O) groups is 1. The number of ether oxygens (including phenoxy) is 1. The van der Waals surface area contributed by atoms with Crippen molar-refractivity contribution in [3.63, 3.8) is 0 Å². The van der Waals surface area contributed by atoms with Crippen LogP contribution in [0.15, 0.2) is 83.8 Å². The molecule has 1 saturated heterocycles. The minimum Gasteiger partial charge on any atom is -0.445 e. The number of hydrogen-bond donors (Lipinski definition) is 3. The van der Waals surface area contributed by atoms with E-state index in [4.69, 9.17) is 9.72 Å². The topological polar surface area (TPSA) is 98.2 Å². The van der Waals surface area contributed by atoms with E-state index in [1.165, 1.54) is 4.90 Å². The van der Waals surface area contributed by atoms with E-state index in [1.54, 1.807) is 6.07 Å². The van der Waals surface area contributed by atoms with Gasteiger partial charge in [-0.25, -0.2) is 14.2 Å². The Hall–Kier alpha value is -3.86. The maximum Gasteiger partial charge on any atom is 0.410 e. The fourth-order valence-corrected chi connectivity index (χ4v) is 6.99. The number of likely N-dealkylation sites (tertiary alicyclic amines) is 1. The van der Waals surface area contributed by atoms with Gasteiger partial charge in [0.05, 0.1) is 28.8 Å². The van der Waals surface area contributed by atoms with E-state index in [2.05, 4.69) is 5.32 Å². The smallest absolute Gasteiger partial charge is 0.410 e. The Kier molecular flexibility index (Phi) is 7.46. The van der Waals surface area contributed by atoms with Gasteiger partial charge in [0.25, 0.3) is 0 Å². The molecule has 0 aliphatic carbocycles. The molecule has 1 fully saturated rings. The van der Waals surface area contributed by atoms with Gasteiger partial charge in [-0.3, -0.25) is 9.11 Å². The van der Waals surface area contributed by atoms with Crippen molar-refractivity contribution in [1.82, 2.24) is 9.88 Å². The third kappa shape index (κ3) is 5.81. The second-order valence-electron chi connectivity index (χ2n) is 10.7. The van der Waals surface area contributed by atoms with Crippen LogP contribution in [0.2, 0.25) is 0 Å². The van der Waals surface area contributed by atoms with Gasteiger partial charge in [-0.2, -0.15) is 10.6 Å². The van der Waals surface area contributed by atoms with Crippen LogP contribution < -0.4 is 10.2 Å². The zero-order valence-electron chi connectivity index (χ0n) is 22.7. The molecule has 0 bridgehead atoms. The van der Waals surface area contributed by atoms with Crippen LogP contribution in [0.25, 0.3) is 10.9 Å². The zero-order chi connectivity index (χ0) is 28.6. The first-order valence-corrected chi connectivity index (χ1v) is 15.3. The van der Waals surface area contributed by atoms with E-state index in [-0.39, 0.29) is 25.4 Å². The molecule has 0 saturated carbocycles. The predicted molar refractivity (Wildman–Crippen MR) is 160 cm³/mol. The first-order chi connectivity index (χ1) is 19.8. The van der Waals surface area contributed by atoms with Gasteiger partial charge in [-0.05, 0) is 36.2 Å². The molecular formula is C31H33FN4O4S. The van der Waals surface area contributed by atoms with Crippen molar-refractivity contribution in [1.29, 1.82) is 0 Å². The second-order valence-corrected chi connectivity index (χ2v) is 12.8. The molecule has 8 nitrogen and oxygen atoms in total. The lowest BCUT2D eigenvalue weighted by atomic mass is 10.1.